The topological polar surface area (TPSA) is 43.6 Å². The quantitative estimate of drug-likeness (QED) is 0.149. The maximum Gasteiger partial charge on any atom is 0.417 e. The molecule has 0 amide bonds. The van der Waals surface area contributed by atoms with Gasteiger partial charge >= 0.3 is 24.7 Å². The molecule has 360 valence electrons. The number of rotatable bonds is 7. The van der Waals surface area contributed by atoms with Crippen LogP contribution in [0.15, 0.2) is 176 Å². The smallest absolute Gasteiger partial charge is 0.308 e. The van der Waals surface area contributed by atoms with Crippen molar-refractivity contribution in [2.45, 2.75) is 24.7 Å². The molecule has 0 atom stereocenters. The van der Waals surface area contributed by atoms with Gasteiger partial charge in [-0.1, -0.05) is 109 Å². The molecular formula is C55H29F13N4. The van der Waals surface area contributed by atoms with E-state index >= 15 is 4.39 Å². The van der Waals surface area contributed by atoms with Crippen LogP contribution in [0.5, 0.6) is 0 Å². The molecule has 72 heavy (non-hydrogen) atoms. The van der Waals surface area contributed by atoms with Crippen molar-refractivity contribution in [2.24, 2.45) is 0 Å². The van der Waals surface area contributed by atoms with Crippen LogP contribution in [0.4, 0.5) is 57.1 Å². The third kappa shape index (κ3) is 8.90. The average Bonchev–Trinajstić information content (AvgIpc) is 3.68. The lowest BCUT2D eigenvalue weighted by atomic mass is 9.94. The largest absolute Gasteiger partial charge is 0.417 e. The Morgan fingerprint density at radius 3 is 1.17 bits per heavy atom. The average molecular weight is 993 g/mol. The number of benzene rings is 8. The van der Waals surface area contributed by atoms with E-state index in [4.69, 9.17) is 15.0 Å². The van der Waals surface area contributed by atoms with Gasteiger partial charge in [0, 0.05) is 33.0 Å². The summed E-state index contributed by atoms with van der Waals surface area (Å²) in [4.78, 5) is 14.5. The Balaban J connectivity index is 1.30. The van der Waals surface area contributed by atoms with Crippen molar-refractivity contribution in [3.8, 4) is 73.2 Å². The minimum absolute atomic E-state index is 0.0210. The number of hydrogen-bond acceptors (Lipinski definition) is 3. The van der Waals surface area contributed by atoms with Crippen LogP contribution < -0.4 is 0 Å². The molecule has 0 radical (unpaired) electrons. The fourth-order valence-corrected chi connectivity index (χ4v) is 8.73. The number of alkyl halides is 12. The van der Waals surface area contributed by atoms with Gasteiger partial charge in [-0.25, -0.2) is 19.3 Å². The molecule has 2 aromatic heterocycles. The molecule has 0 aliphatic rings. The van der Waals surface area contributed by atoms with Gasteiger partial charge in [0.25, 0.3) is 0 Å². The number of aromatic nitrogens is 4. The first-order valence-corrected chi connectivity index (χ1v) is 21.6. The van der Waals surface area contributed by atoms with Gasteiger partial charge in [-0.3, -0.25) is 0 Å². The lowest BCUT2D eigenvalue weighted by Crippen LogP contribution is -2.12. The van der Waals surface area contributed by atoms with Gasteiger partial charge in [-0.05, 0) is 94.5 Å². The summed E-state index contributed by atoms with van der Waals surface area (Å²) < 4.78 is 188. The van der Waals surface area contributed by atoms with Crippen LogP contribution in [0.25, 0.3) is 95.0 Å². The van der Waals surface area contributed by atoms with Crippen molar-refractivity contribution >= 4 is 21.8 Å². The summed E-state index contributed by atoms with van der Waals surface area (Å²) >= 11 is 0. The Bertz CT molecular complexity index is 3520. The summed E-state index contributed by atoms with van der Waals surface area (Å²) in [5.74, 6) is -0.0389. The molecule has 0 unspecified atom stereocenters. The molecule has 0 bridgehead atoms. The Labute approximate surface area is 399 Å². The summed E-state index contributed by atoms with van der Waals surface area (Å²) in [6, 6.07) is 38.4. The zero-order chi connectivity index (χ0) is 50.9. The molecule has 0 spiro atoms. The van der Waals surface area contributed by atoms with E-state index in [1.54, 1.807) is 89.5 Å². The van der Waals surface area contributed by atoms with E-state index in [0.717, 1.165) is 0 Å². The van der Waals surface area contributed by atoms with Crippen LogP contribution in [-0.2, 0) is 24.7 Å². The minimum Gasteiger partial charge on any atom is -0.308 e. The van der Waals surface area contributed by atoms with Crippen LogP contribution in [0.3, 0.4) is 0 Å². The maximum absolute atomic E-state index is 15.7. The maximum atomic E-state index is 15.7. The molecule has 10 rings (SSSR count). The molecule has 8 aromatic carbocycles. The monoisotopic (exact) mass is 992 g/mol. The fourth-order valence-electron chi connectivity index (χ4n) is 8.73. The second-order valence-electron chi connectivity index (χ2n) is 16.6. The summed E-state index contributed by atoms with van der Waals surface area (Å²) in [7, 11) is 0. The van der Waals surface area contributed by atoms with E-state index in [9.17, 15) is 52.7 Å². The van der Waals surface area contributed by atoms with E-state index < -0.39 is 63.9 Å². The molecule has 2 heterocycles. The minimum atomic E-state index is -5.30. The molecule has 10 aromatic rings. The van der Waals surface area contributed by atoms with E-state index in [1.165, 1.54) is 54.6 Å². The highest BCUT2D eigenvalue weighted by Gasteiger charge is 2.40. The van der Waals surface area contributed by atoms with Gasteiger partial charge < -0.3 is 4.57 Å². The first kappa shape index (κ1) is 47.3. The number of halogens is 13. The normalized spacial score (nSPS) is 12.5. The van der Waals surface area contributed by atoms with Crippen molar-refractivity contribution in [3.63, 3.8) is 0 Å². The van der Waals surface area contributed by atoms with E-state index in [-0.39, 0.29) is 79.4 Å². The van der Waals surface area contributed by atoms with Crippen molar-refractivity contribution in [2.75, 3.05) is 0 Å². The molecular weight excluding hydrogens is 964 g/mol. The zero-order valence-electron chi connectivity index (χ0n) is 36.4. The van der Waals surface area contributed by atoms with Gasteiger partial charge in [0.1, 0.15) is 5.82 Å². The van der Waals surface area contributed by atoms with Gasteiger partial charge in [0.15, 0.2) is 17.5 Å². The molecule has 0 aliphatic carbocycles. The standard InChI is InChI=1S/C55H29F13N4/c56-45-14-8-7-13-39(45)34-15-20-40(51-70-49(30-9-3-1-4-10-30)69-50(71-51)31-11-5-2-6-12-31)48(27-34)72-46-23-16-32(37-21-18-35(52(57,58)59)28-43(37)54(63,64)65)25-41(46)42-26-33(17-24-47(42)72)38-22-19-36(53(60,61)62)29-44(38)55(66,67)68/h1-29H. The summed E-state index contributed by atoms with van der Waals surface area (Å²) in [5.41, 5.74) is -5.66. The predicted octanol–water partition coefficient (Wildman–Crippen LogP) is 17.2. The first-order valence-electron chi connectivity index (χ1n) is 21.6. The van der Waals surface area contributed by atoms with Crippen molar-refractivity contribution in [3.05, 3.63) is 204 Å². The third-order valence-electron chi connectivity index (χ3n) is 12.1. The predicted molar refractivity (Wildman–Crippen MR) is 247 cm³/mol. The Hall–Kier alpha value is -8.34. The highest BCUT2D eigenvalue weighted by atomic mass is 19.4. The van der Waals surface area contributed by atoms with Crippen molar-refractivity contribution in [1.82, 2.24) is 19.5 Å². The molecule has 0 saturated heterocycles. The van der Waals surface area contributed by atoms with Gasteiger partial charge in [-0.2, -0.15) is 52.7 Å². The summed E-state index contributed by atoms with van der Waals surface area (Å²) in [6.07, 6.45) is -20.9. The van der Waals surface area contributed by atoms with E-state index in [2.05, 4.69) is 0 Å². The van der Waals surface area contributed by atoms with Crippen LogP contribution in [-0.4, -0.2) is 19.5 Å². The van der Waals surface area contributed by atoms with Gasteiger partial charge in [0.05, 0.1) is 39.0 Å². The molecule has 0 N–H and O–H groups in total. The second-order valence-corrected chi connectivity index (χ2v) is 16.6. The van der Waals surface area contributed by atoms with Crippen LogP contribution >= 0.6 is 0 Å². The molecule has 17 heteroatoms. The second kappa shape index (κ2) is 17.5. The Morgan fingerprint density at radius 2 is 0.722 bits per heavy atom. The highest BCUT2D eigenvalue weighted by molar-refractivity contribution is 6.12. The SMILES string of the molecule is Fc1ccccc1-c1ccc(-c2nc(-c3ccccc3)nc(-c3ccccc3)n2)c(-n2c3ccc(-c4ccc(C(F)(F)F)cc4C(F)(F)F)cc3c3cc(-c4ccc(C(F)(F)F)cc4C(F)(F)F)ccc32)c1. The lowest BCUT2D eigenvalue weighted by Gasteiger charge is -2.18. The lowest BCUT2D eigenvalue weighted by molar-refractivity contribution is -0.144. The first-order chi connectivity index (χ1) is 34.1. The van der Waals surface area contributed by atoms with Crippen LogP contribution in [0, 0.1) is 5.82 Å². The number of nitrogens with zero attached hydrogens (tertiary/aromatic N) is 4. The molecule has 0 fully saturated rings. The van der Waals surface area contributed by atoms with Gasteiger partial charge in [-0.15, -0.1) is 0 Å². The Kier molecular flexibility index (Phi) is 11.5. The molecule has 0 aliphatic heterocycles. The fraction of sp³-hybridized carbons (Fsp3) is 0.0727. The van der Waals surface area contributed by atoms with Gasteiger partial charge in [0.2, 0.25) is 0 Å². The number of fused-ring (bicyclic) bond motifs is 3. The molecule has 4 nitrogen and oxygen atoms in total. The van der Waals surface area contributed by atoms with E-state index in [1.807, 2.05) is 0 Å². The number of hydrogen-bond donors (Lipinski definition) is 0. The van der Waals surface area contributed by atoms with Crippen molar-refractivity contribution < 1.29 is 57.1 Å². The molecule has 0 saturated carbocycles. The van der Waals surface area contributed by atoms with Crippen LogP contribution in [0.1, 0.15) is 22.3 Å². The van der Waals surface area contributed by atoms with Crippen molar-refractivity contribution in [1.29, 1.82) is 0 Å². The highest BCUT2D eigenvalue weighted by Crippen LogP contribution is 2.47. The Morgan fingerprint density at radius 1 is 0.319 bits per heavy atom. The zero-order valence-corrected chi connectivity index (χ0v) is 36.4. The van der Waals surface area contributed by atoms with Crippen LogP contribution in [0.2, 0.25) is 0 Å². The summed E-state index contributed by atoms with van der Waals surface area (Å²) in [5, 5.41) is 0.122. The summed E-state index contributed by atoms with van der Waals surface area (Å²) in [6.45, 7) is 0. The third-order valence-corrected chi connectivity index (χ3v) is 12.1. The van der Waals surface area contributed by atoms with E-state index in [0.29, 0.717) is 41.0 Å².